The Labute approximate surface area is 256 Å². The van der Waals surface area contributed by atoms with Crippen LogP contribution in [0.15, 0.2) is 66.9 Å². The monoisotopic (exact) mass is 599 g/mol. The number of carbonyl (C=O) groups is 2. The number of hydrogen-bond donors (Lipinski definition) is 1. The molecule has 0 atom stereocenters. The van der Waals surface area contributed by atoms with E-state index in [4.69, 9.17) is 14.6 Å². The Morgan fingerprint density at radius 2 is 1.64 bits per heavy atom. The number of morpholine rings is 1. The molecule has 1 aromatic heterocycles. The van der Waals surface area contributed by atoms with Gasteiger partial charge in [-0.05, 0) is 91.9 Å². The number of piperidine rings is 1. The van der Waals surface area contributed by atoms with E-state index in [9.17, 15) is 14.0 Å². The van der Waals surface area contributed by atoms with E-state index in [1.165, 1.54) is 12.1 Å². The second-order valence-electron chi connectivity index (χ2n) is 11.5. The summed E-state index contributed by atoms with van der Waals surface area (Å²) >= 11 is 0. The van der Waals surface area contributed by atoms with E-state index < -0.39 is 0 Å². The van der Waals surface area contributed by atoms with Gasteiger partial charge in [-0.3, -0.25) is 19.2 Å². The van der Waals surface area contributed by atoms with Crippen LogP contribution in [0, 0.1) is 18.7 Å². The number of amides is 2. The molecule has 0 bridgehead atoms. The third-order valence-electron chi connectivity index (χ3n) is 8.57. The standard InChI is InChI=1S/C34H38FN5O4/c1-24-30(33(41)36-14-17-38-18-20-43-21-19-38)10-11-32-31(24)23-40(37-32)22-25-12-15-39(16-13-25)34(42)26-2-6-28(7-3-26)44-29-8-4-27(35)5-9-29/h2-11,23,25H,12-22H2,1H3,(H,36,41). The number of nitrogens with zero attached hydrogens (tertiary/aromatic N) is 4. The molecule has 3 heterocycles. The molecule has 2 fully saturated rings. The Hall–Kier alpha value is -4.28. The lowest BCUT2D eigenvalue weighted by atomic mass is 9.96. The minimum Gasteiger partial charge on any atom is -0.457 e. The molecule has 10 heteroatoms. The summed E-state index contributed by atoms with van der Waals surface area (Å²) in [4.78, 5) is 30.3. The van der Waals surface area contributed by atoms with E-state index in [2.05, 4.69) is 10.2 Å². The molecule has 230 valence electrons. The molecule has 44 heavy (non-hydrogen) atoms. The van der Waals surface area contributed by atoms with Crippen molar-refractivity contribution >= 4 is 22.7 Å². The van der Waals surface area contributed by atoms with Crippen LogP contribution in [0.25, 0.3) is 10.9 Å². The smallest absolute Gasteiger partial charge is 0.253 e. The number of hydrogen-bond acceptors (Lipinski definition) is 6. The third-order valence-corrected chi connectivity index (χ3v) is 8.57. The summed E-state index contributed by atoms with van der Waals surface area (Å²) in [5.41, 5.74) is 3.12. The zero-order chi connectivity index (χ0) is 30.5. The SMILES string of the molecule is Cc1c(C(=O)NCCN2CCOCC2)ccc2nn(CC3CCN(C(=O)c4ccc(Oc5ccc(F)cc5)cc4)CC3)cc12. The van der Waals surface area contributed by atoms with E-state index in [0.29, 0.717) is 48.2 Å². The number of likely N-dealkylation sites (tertiary alicyclic amines) is 1. The molecule has 4 aromatic rings. The summed E-state index contributed by atoms with van der Waals surface area (Å²) < 4.78 is 26.2. The lowest BCUT2D eigenvalue weighted by Gasteiger charge is -2.32. The summed E-state index contributed by atoms with van der Waals surface area (Å²) in [5.74, 6) is 1.16. The maximum absolute atomic E-state index is 13.1. The molecule has 2 saturated heterocycles. The van der Waals surface area contributed by atoms with Gasteiger partial charge >= 0.3 is 0 Å². The fraction of sp³-hybridized carbons (Fsp3) is 0.382. The number of aromatic nitrogens is 2. The minimum absolute atomic E-state index is 0.00739. The van der Waals surface area contributed by atoms with E-state index in [1.807, 2.05) is 34.8 Å². The maximum Gasteiger partial charge on any atom is 0.253 e. The molecule has 2 amide bonds. The number of nitrogens with one attached hydrogen (secondary N) is 1. The van der Waals surface area contributed by atoms with Crippen LogP contribution in [0.1, 0.15) is 39.1 Å². The van der Waals surface area contributed by atoms with Gasteiger partial charge in [0.2, 0.25) is 0 Å². The number of aryl methyl sites for hydroxylation is 1. The largest absolute Gasteiger partial charge is 0.457 e. The highest BCUT2D eigenvalue weighted by molar-refractivity contribution is 6.00. The van der Waals surface area contributed by atoms with E-state index in [0.717, 1.165) is 68.7 Å². The predicted molar refractivity (Wildman–Crippen MR) is 166 cm³/mol. The lowest BCUT2D eigenvalue weighted by Crippen LogP contribution is -2.41. The Kier molecular flexibility index (Phi) is 9.18. The topological polar surface area (TPSA) is 88.9 Å². The average Bonchev–Trinajstić information content (AvgIpc) is 3.47. The van der Waals surface area contributed by atoms with Crippen LogP contribution in [0.5, 0.6) is 11.5 Å². The number of rotatable bonds is 9. The fourth-order valence-electron chi connectivity index (χ4n) is 5.94. The van der Waals surface area contributed by atoms with Crippen molar-refractivity contribution in [2.24, 2.45) is 5.92 Å². The van der Waals surface area contributed by atoms with Crippen molar-refractivity contribution < 1.29 is 23.5 Å². The zero-order valence-electron chi connectivity index (χ0n) is 25.0. The Morgan fingerprint density at radius 3 is 2.34 bits per heavy atom. The molecule has 9 nitrogen and oxygen atoms in total. The second-order valence-corrected chi connectivity index (χ2v) is 11.5. The van der Waals surface area contributed by atoms with Gasteiger partial charge in [-0.25, -0.2) is 4.39 Å². The van der Waals surface area contributed by atoms with Crippen LogP contribution in [0.4, 0.5) is 4.39 Å². The number of carbonyl (C=O) groups excluding carboxylic acids is 2. The summed E-state index contributed by atoms with van der Waals surface area (Å²) in [6.07, 6.45) is 3.83. The fourth-order valence-corrected chi connectivity index (χ4v) is 5.94. The molecule has 6 rings (SSSR count). The van der Waals surface area contributed by atoms with Gasteiger partial charge in [0.25, 0.3) is 11.8 Å². The normalized spacial score (nSPS) is 16.3. The van der Waals surface area contributed by atoms with Crippen molar-refractivity contribution in [1.29, 1.82) is 0 Å². The molecule has 2 aliphatic rings. The van der Waals surface area contributed by atoms with Gasteiger partial charge in [-0.15, -0.1) is 0 Å². The Balaban J connectivity index is 0.997. The summed E-state index contributed by atoms with van der Waals surface area (Å²) in [6.45, 7) is 8.85. The van der Waals surface area contributed by atoms with Crippen LogP contribution in [0.2, 0.25) is 0 Å². The van der Waals surface area contributed by atoms with Crippen LogP contribution in [-0.2, 0) is 11.3 Å². The summed E-state index contributed by atoms with van der Waals surface area (Å²) in [5, 5.41) is 8.85. The lowest BCUT2D eigenvalue weighted by molar-refractivity contribution is 0.0383. The van der Waals surface area contributed by atoms with E-state index >= 15 is 0 Å². The first-order valence-corrected chi connectivity index (χ1v) is 15.3. The molecule has 2 aliphatic heterocycles. The number of ether oxygens (including phenoxy) is 2. The van der Waals surface area contributed by atoms with Crippen molar-refractivity contribution in [3.05, 3.63) is 89.4 Å². The van der Waals surface area contributed by atoms with Gasteiger partial charge in [0.05, 0.1) is 18.7 Å². The predicted octanol–water partition coefficient (Wildman–Crippen LogP) is 4.89. The van der Waals surface area contributed by atoms with Crippen LogP contribution in [0.3, 0.4) is 0 Å². The first-order chi connectivity index (χ1) is 21.4. The highest BCUT2D eigenvalue weighted by atomic mass is 19.1. The zero-order valence-corrected chi connectivity index (χ0v) is 25.0. The number of benzene rings is 3. The average molecular weight is 600 g/mol. The summed E-state index contributed by atoms with van der Waals surface area (Å²) in [6, 6.07) is 16.7. The maximum atomic E-state index is 13.1. The van der Waals surface area contributed by atoms with Gasteiger partial charge < -0.3 is 19.7 Å². The quantitative estimate of drug-likeness (QED) is 0.295. The van der Waals surface area contributed by atoms with Crippen LogP contribution < -0.4 is 10.1 Å². The highest BCUT2D eigenvalue weighted by Gasteiger charge is 2.25. The first kappa shape index (κ1) is 29.8. The molecule has 1 N–H and O–H groups in total. The van der Waals surface area contributed by atoms with Crippen LogP contribution in [-0.4, -0.2) is 83.9 Å². The molecule has 0 spiro atoms. The van der Waals surface area contributed by atoms with E-state index in [-0.39, 0.29) is 17.6 Å². The first-order valence-electron chi connectivity index (χ1n) is 15.3. The van der Waals surface area contributed by atoms with Crippen molar-refractivity contribution in [3.8, 4) is 11.5 Å². The van der Waals surface area contributed by atoms with Gasteiger partial charge in [0, 0.05) is 68.5 Å². The molecule has 3 aromatic carbocycles. The number of halogens is 1. The molecule has 0 radical (unpaired) electrons. The van der Waals surface area contributed by atoms with Crippen LogP contribution >= 0.6 is 0 Å². The molecular weight excluding hydrogens is 561 g/mol. The van der Waals surface area contributed by atoms with Gasteiger partial charge in [-0.1, -0.05) is 0 Å². The second kappa shape index (κ2) is 13.6. The van der Waals surface area contributed by atoms with Gasteiger partial charge in [-0.2, -0.15) is 5.10 Å². The van der Waals surface area contributed by atoms with Crippen molar-refractivity contribution in [3.63, 3.8) is 0 Å². The van der Waals surface area contributed by atoms with E-state index in [1.54, 1.807) is 36.4 Å². The minimum atomic E-state index is -0.319. The van der Waals surface area contributed by atoms with Gasteiger partial charge in [0.1, 0.15) is 17.3 Å². The molecular formula is C34H38FN5O4. The molecule has 0 unspecified atom stereocenters. The highest BCUT2D eigenvalue weighted by Crippen LogP contribution is 2.26. The number of fused-ring (bicyclic) bond motifs is 1. The molecule has 0 saturated carbocycles. The van der Waals surface area contributed by atoms with Crippen molar-refractivity contribution in [1.82, 2.24) is 24.9 Å². The summed E-state index contributed by atoms with van der Waals surface area (Å²) in [7, 11) is 0. The Bertz CT molecular complexity index is 1590. The van der Waals surface area contributed by atoms with Crippen molar-refractivity contribution in [2.75, 3.05) is 52.5 Å². The van der Waals surface area contributed by atoms with Crippen molar-refractivity contribution in [2.45, 2.75) is 26.3 Å². The third kappa shape index (κ3) is 7.09. The Morgan fingerprint density at radius 1 is 0.955 bits per heavy atom. The molecule has 0 aliphatic carbocycles. The van der Waals surface area contributed by atoms with Gasteiger partial charge in [0.15, 0.2) is 0 Å².